The van der Waals surface area contributed by atoms with Gasteiger partial charge >= 0.3 is 0 Å². The van der Waals surface area contributed by atoms with Gasteiger partial charge in [-0.25, -0.2) is 9.97 Å². The van der Waals surface area contributed by atoms with Gasteiger partial charge in [0.05, 0.1) is 31.0 Å². The monoisotopic (exact) mass is 437 g/mol. The van der Waals surface area contributed by atoms with Gasteiger partial charge in [0.25, 0.3) is 5.91 Å². The molecule has 3 aromatic rings. The Hall–Kier alpha value is -3.46. The lowest BCUT2D eigenvalue weighted by Gasteiger charge is -2.28. The lowest BCUT2D eigenvalue weighted by atomic mass is 9.87. The van der Waals surface area contributed by atoms with E-state index in [2.05, 4.69) is 20.4 Å². The highest BCUT2D eigenvalue weighted by molar-refractivity contribution is 5.94. The molecule has 1 aliphatic carbocycles. The van der Waals surface area contributed by atoms with Crippen LogP contribution in [0.2, 0.25) is 0 Å². The number of nitrogens with zero attached hydrogens (tertiary/aromatic N) is 4. The molecule has 2 N–H and O–H groups in total. The van der Waals surface area contributed by atoms with E-state index in [0.29, 0.717) is 41.5 Å². The van der Waals surface area contributed by atoms with Crippen molar-refractivity contribution < 1.29 is 19.4 Å². The largest absolute Gasteiger partial charge is 0.493 e. The van der Waals surface area contributed by atoms with Gasteiger partial charge in [0.15, 0.2) is 5.82 Å². The SMILES string of the molecule is COCC1(CNC(=O)c2ccc(-n3ncc(-c4ccnc(OC)c4)c3O)nc2)CCCC1. The van der Waals surface area contributed by atoms with E-state index in [1.165, 1.54) is 18.0 Å². The van der Waals surface area contributed by atoms with Crippen LogP contribution in [0.15, 0.2) is 42.9 Å². The van der Waals surface area contributed by atoms with Gasteiger partial charge in [-0.1, -0.05) is 12.8 Å². The van der Waals surface area contributed by atoms with Crippen molar-refractivity contribution in [2.75, 3.05) is 27.4 Å². The Bertz CT molecular complexity index is 1070. The normalized spacial score (nSPS) is 14.9. The third kappa shape index (κ3) is 4.43. The van der Waals surface area contributed by atoms with Crippen molar-refractivity contribution >= 4 is 5.91 Å². The van der Waals surface area contributed by atoms with Gasteiger partial charge in [0, 0.05) is 37.5 Å². The molecule has 0 radical (unpaired) electrons. The Morgan fingerprint density at radius 1 is 1.19 bits per heavy atom. The van der Waals surface area contributed by atoms with Crippen molar-refractivity contribution in [3.8, 4) is 28.7 Å². The van der Waals surface area contributed by atoms with Gasteiger partial charge in [-0.3, -0.25) is 4.79 Å². The lowest BCUT2D eigenvalue weighted by molar-refractivity contribution is 0.0740. The van der Waals surface area contributed by atoms with Crippen LogP contribution in [0.1, 0.15) is 36.0 Å². The molecule has 0 unspecified atom stereocenters. The Morgan fingerprint density at radius 3 is 2.69 bits per heavy atom. The van der Waals surface area contributed by atoms with Gasteiger partial charge in [-0.15, -0.1) is 0 Å². The first-order chi connectivity index (χ1) is 15.5. The molecule has 0 atom stereocenters. The number of amides is 1. The minimum atomic E-state index is -0.180. The van der Waals surface area contributed by atoms with Crippen molar-refractivity contribution in [1.82, 2.24) is 25.1 Å². The zero-order valence-electron chi connectivity index (χ0n) is 18.2. The maximum Gasteiger partial charge on any atom is 0.252 e. The van der Waals surface area contributed by atoms with Crippen LogP contribution < -0.4 is 10.1 Å². The number of hydrogen-bond acceptors (Lipinski definition) is 7. The number of hydrogen-bond donors (Lipinski definition) is 2. The van der Waals surface area contributed by atoms with Crippen molar-refractivity contribution in [1.29, 1.82) is 0 Å². The fourth-order valence-electron chi connectivity index (χ4n) is 4.22. The molecule has 9 nitrogen and oxygen atoms in total. The molecule has 1 aliphatic rings. The standard InChI is InChI=1S/C23H27N5O4/c1-31-15-23(8-3-4-9-23)14-26-21(29)17-5-6-19(25-12-17)28-22(30)18(13-27-28)16-7-10-24-20(11-16)32-2/h5-7,10-13,30H,3-4,8-9,14-15H2,1-2H3,(H,26,29). The zero-order chi connectivity index (χ0) is 22.6. The van der Waals surface area contributed by atoms with Crippen molar-refractivity contribution in [3.05, 3.63) is 48.4 Å². The van der Waals surface area contributed by atoms with Crippen LogP contribution in [0.5, 0.6) is 11.8 Å². The number of rotatable bonds is 8. The number of carbonyl (C=O) groups is 1. The maximum atomic E-state index is 12.6. The molecule has 1 fully saturated rings. The smallest absolute Gasteiger partial charge is 0.252 e. The summed E-state index contributed by atoms with van der Waals surface area (Å²) in [5.74, 6) is 0.595. The minimum Gasteiger partial charge on any atom is -0.493 e. The fourth-order valence-corrected chi connectivity index (χ4v) is 4.22. The molecule has 32 heavy (non-hydrogen) atoms. The molecular weight excluding hydrogens is 410 g/mol. The predicted molar refractivity (Wildman–Crippen MR) is 118 cm³/mol. The average Bonchev–Trinajstić information content (AvgIpc) is 3.45. The second kappa shape index (κ2) is 9.35. The van der Waals surface area contributed by atoms with Crippen LogP contribution in [0.4, 0.5) is 0 Å². The molecule has 1 saturated carbocycles. The summed E-state index contributed by atoms with van der Waals surface area (Å²) < 4.78 is 11.8. The molecule has 0 aromatic carbocycles. The second-order valence-corrected chi connectivity index (χ2v) is 8.11. The fraction of sp³-hybridized carbons (Fsp3) is 0.391. The molecule has 0 aliphatic heterocycles. The van der Waals surface area contributed by atoms with E-state index in [4.69, 9.17) is 9.47 Å². The predicted octanol–water partition coefficient (Wildman–Crippen LogP) is 2.98. The number of aromatic hydroxyl groups is 1. The topological polar surface area (TPSA) is 111 Å². The second-order valence-electron chi connectivity index (χ2n) is 8.11. The van der Waals surface area contributed by atoms with E-state index in [1.807, 2.05) is 0 Å². The average molecular weight is 438 g/mol. The molecule has 0 spiro atoms. The summed E-state index contributed by atoms with van der Waals surface area (Å²) in [6.07, 6.45) is 9.07. The minimum absolute atomic E-state index is 0.0185. The van der Waals surface area contributed by atoms with E-state index >= 15 is 0 Å². The van der Waals surface area contributed by atoms with Crippen LogP contribution in [0.25, 0.3) is 16.9 Å². The Morgan fingerprint density at radius 2 is 2.00 bits per heavy atom. The molecule has 4 rings (SSSR count). The molecule has 168 valence electrons. The van der Waals surface area contributed by atoms with E-state index in [-0.39, 0.29) is 17.2 Å². The highest BCUT2D eigenvalue weighted by atomic mass is 16.5. The molecule has 0 bridgehead atoms. The Labute approximate surface area is 186 Å². The molecule has 0 saturated heterocycles. The molecular formula is C23H27N5O4. The highest BCUT2D eigenvalue weighted by Crippen LogP contribution is 2.37. The van der Waals surface area contributed by atoms with E-state index in [9.17, 15) is 9.90 Å². The molecule has 3 aromatic heterocycles. The van der Waals surface area contributed by atoms with E-state index in [1.54, 1.807) is 43.8 Å². The van der Waals surface area contributed by atoms with Crippen LogP contribution in [-0.2, 0) is 4.74 Å². The molecule has 9 heteroatoms. The summed E-state index contributed by atoms with van der Waals surface area (Å²) >= 11 is 0. The van der Waals surface area contributed by atoms with E-state index < -0.39 is 0 Å². The quantitative estimate of drug-likeness (QED) is 0.557. The zero-order valence-corrected chi connectivity index (χ0v) is 18.2. The number of nitrogens with one attached hydrogen (secondary N) is 1. The first kappa shape index (κ1) is 21.8. The summed E-state index contributed by atoms with van der Waals surface area (Å²) in [6, 6.07) is 6.79. The first-order valence-corrected chi connectivity index (χ1v) is 10.6. The van der Waals surface area contributed by atoms with Gasteiger partial charge in [0.2, 0.25) is 11.8 Å². The number of ether oxygens (including phenoxy) is 2. The van der Waals surface area contributed by atoms with Gasteiger partial charge in [-0.2, -0.15) is 9.78 Å². The van der Waals surface area contributed by atoms with E-state index in [0.717, 1.165) is 25.7 Å². The van der Waals surface area contributed by atoms with Gasteiger partial charge in [-0.05, 0) is 36.6 Å². The van der Waals surface area contributed by atoms with Crippen molar-refractivity contribution in [3.63, 3.8) is 0 Å². The van der Waals surface area contributed by atoms with Crippen molar-refractivity contribution in [2.45, 2.75) is 25.7 Å². The number of aromatic nitrogens is 4. The van der Waals surface area contributed by atoms with Crippen molar-refractivity contribution in [2.24, 2.45) is 5.41 Å². The summed E-state index contributed by atoms with van der Waals surface area (Å²) in [7, 11) is 3.23. The summed E-state index contributed by atoms with van der Waals surface area (Å²) in [5, 5.41) is 17.9. The highest BCUT2D eigenvalue weighted by Gasteiger charge is 2.34. The molecule has 3 heterocycles. The van der Waals surface area contributed by atoms with Crippen LogP contribution >= 0.6 is 0 Å². The van der Waals surface area contributed by atoms with Crippen LogP contribution in [0.3, 0.4) is 0 Å². The lowest BCUT2D eigenvalue weighted by Crippen LogP contribution is -2.38. The maximum absolute atomic E-state index is 12.6. The first-order valence-electron chi connectivity index (χ1n) is 10.6. The Kier molecular flexibility index (Phi) is 6.36. The number of methoxy groups -OCH3 is 2. The van der Waals surface area contributed by atoms with Crippen LogP contribution in [0, 0.1) is 5.41 Å². The third-order valence-corrected chi connectivity index (χ3v) is 5.96. The Balaban J connectivity index is 1.47. The number of pyridine rings is 2. The third-order valence-electron chi connectivity index (χ3n) is 5.96. The van der Waals surface area contributed by atoms with Crippen LogP contribution in [-0.4, -0.2) is 58.1 Å². The van der Waals surface area contributed by atoms with Gasteiger partial charge < -0.3 is 19.9 Å². The summed E-state index contributed by atoms with van der Waals surface area (Å²) in [6.45, 7) is 1.23. The summed E-state index contributed by atoms with van der Waals surface area (Å²) in [5.41, 5.74) is 1.71. The summed E-state index contributed by atoms with van der Waals surface area (Å²) in [4.78, 5) is 21.0. The molecule has 1 amide bonds. The van der Waals surface area contributed by atoms with Gasteiger partial charge in [0.1, 0.15) is 0 Å². The number of carbonyl (C=O) groups excluding carboxylic acids is 1.